The van der Waals surface area contributed by atoms with E-state index >= 15 is 0 Å². The molecule has 0 aliphatic heterocycles. The van der Waals surface area contributed by atoms with Crippen LogP contribution in [0.4, 0.5) is 0 Å². The zero-order chi connectivity index (χ0) is 10.6. The van der Waals surface area contributed by atoms with Gasteiger partial charge in [0.15, 0.2) is 0 Å². The molecule has 3 nitrogen and oxygen atoms in total. The Kier molecular flexibility index (Phi) is 1.49. The average molecular weight is 199 g/mol. The first-order valence-corrected chi connectivity index (χ1v) is 5.08. The molecule has 1 aromatic carbocycles. The second-order valence-electron chi connectivity index (χ2n) is 4.07. The molecular formula is C12H13N3. The Balaban J connectivity index is 2.59. The van der Waals surface area contributed by atoms with E-state index in [4.69, 9.17) is 0 Å². The fourth-order valence-corrected chi connectivity index (χ4v) is 2.11. The number of aromatic amines is 1. The minimum atomic E-state index is 1.05. The summed E-state index contributed by atoms with van der Waals surface area (Å²) in [5.74, 6) is 1.05. The van der Waals surface area contributed by atoms with E-state index in [9.17, 15) is 0 Å². The molecule has 0 aliphatic carbocycles. The van der Waals surface area contributed by atoms with Crippen LogP contribution in [0.3, 0.4) is 0 Å². The fraction of sp³-hybridized carbons (Fsp3) is 0.250. The van der Waals surface area contributed by atoms with Gasteiger partial charge in [-0.1, -0.05) is 6.07 Å². The number of hydrogen-bond donors (Lipinski definition) is 1. The Morgan fingerprint density at radius 2 is 2.07 bits per heavy atom. The van der Waals surface area contributed by atoms with Crippen molar-refractivity contribution in [2.24, 2.45) is 7.05 Å². The smallest absolute Gasteiger partial charge is 0.113 e. The summed E-state index contributed by atoms with van der Waals surface area (Å²) in [6.45, 7) is 4.10. The predicted octanol–water partition coefficient (Wildman–Crippen LogP) is 2.67. The molecule has 3 heteroatoms. The molecule has 0 amide bonds. The first-order chi connectivity index (χ1) is 7.16. The minimum Gasteiger partial charge on any atom is -0.357 e. The quantitative estimate of drug-likeness (QED) is 0.593. The van der Waals surface area contributed by atoms with Crippen molar-refractivity contribution < 1.29 is 0 Å². The molecule has 3 rings (SSSR count). The van der Waals surface area contributed by atoms with Crippen molar-refractivity contribution in [2.75, 3.05) is 0 Å². The highest BCUT2D eigenvalue weighted by Crippen LogP contribution is 2.24. The highest BCUT2D eigenvalue weighted by Gasteiger charge is 2.08. The van der Waals surface area contributed by atoms with Crippen LogP contribution >= 0.6 is 0 Å². The fourth-order valence-electron chi connectivity index (χ4n) is 2.11. The Morgan fingerprint density at radius 3 is 2.87 bits per heavy atom. The maximum absolute atomic E-state index is 4.59. The first kappa shape index (κ1) is 8.53. The van der Waals surface area contributed by atoms with Crippen LogP contribution in [0.15, 0.2) is 18.2 Å². The lowest BCUT2D eigenvalue weighted by Crippen LogP contribution is -1.89. The zero-order valence-electron chi connectivity index (χ0n) is 9.13. The maximum Gasteiger partial charge on any atom is 0.113 e. The van der Waals surface area contributed by atoms with Gasteiger partial charge in [-0.25, -0.2) is 4.98 Å². The molecule has 76 valence electrons. The lowest BCUT2D eigenvalue weighted by atomic mass is 10.2. The summed E-state index contributed by atoms with van der Waals surface area (Å²) in [6, 6.07) is 6.42. The summed E-state index contributed by atoms with van der Waals surface area (Å²) in [7, 11) is 2.05. The van der Waals surface area contributed by atoms with Gasteiger partial charge in [0, 0.05) is 18.1 Å². The van der Waals surface area contributed by atoms with E-state index in [1.54, 1.807) is 0 Å². The third-order valence-corrected chi connectivity index (χ3v) is 3.00. The van der Waals surface area contributed by atoms with Gasteiger partial charge in [-0.05, 0) is 26.0 Å². The van der Waals surface area contributed by atoms with Crippen molar-refractivity contribution >= 4 is 21.9 Å². The molecule has 1 N–H and O–H groups in total. The summed E-state index contributed by atoms with van der Waals surface area (Å²) in [6.07, 6.45) is 0. The van der Waals surface area contributed by atoms with E-state index in [0.29, 0.717) is 0 Å². The topological polar surface area (TPSA) is 33.6 Å². The average Bonchev–Trinajstić information content (AvgIpc) is 2.69. The predicted molar refractivity (Wildman–Crippen MR) is 62.0 cm³/mol. The van der Waals surface area contributed by atoms with Crippen LogP contribution in [0.5, 0.6) is 0 Å². The molecule has 0 radical (unpaired) electrons. The Labute approximate surface area is 87.7 Å². The van der Waals surface area contributed by atoms with Gasteiger partial charge in [0.25, 0.3) is 0 Å². The van der Waals surface area contributed by atoms with Gasteiger partial charge in [0.2, 0.25) is 0 Å². The normalized spacial score (nSPS) is 11.7. The molecule has 0 unspecified atom stereocenters. The number of hydrogen-bond acceptors (Lipinski definition) is 1. The van der Waals surface area contributed by atoms with Crippen LogP contribution in [0.2, 0.25) is 0 Å². The number of H-pyrrole nitrogens is 1. The Morgan fingerprint density at radius 1 is 1.27 bits per heavy atom. The molecular weight excluding hydrogens is 186 g/mol. The van der Waals surface area contributed by atoms with Gasteiger partial charge in [-0.3, -0.25) is 0 Å². The Bertz CT molecular complexity index is 658. The summed E-state index contributed by atoms with van der Waals surface area (Å²) in [4.78, 5) is 7.95. The summed E-state index contributed by atoms with van der Waals surface area (Å²) < 4.78 is 2.12. The summed E-state index contributed by atoms with van der Waals surface area (Å²) in [5.41, 5.74) is 4.58. The van der Waals surface area contributed by atoms with E-state index in [1.807, 2.05) is 14.0 Å². The number of aromatic nitrogens is 3. The van der Waals surface area contributed by atoms with Gasteiger partial charge in [0.05, 0.1) is 11.0 Å². The highest BCUT2D eigenvalue weighted by molar-refractivity contribution is 6.02. The van der Waals surface area contributed by atoms with Gasteiger partial charge >= 0.3 is 0 Å². The van der Waals surface area contributed by atoms with Gasteiger partial charge in [0.1, 0.15) is 11.3 Å². The van der Waals surface area contributed by atoms with Crippen molar-refractivity contribution in [1.82, 2.24) is 14.5 Å². The standard InChI is InChI=1S/C12H13N3/c1-7-6-9-4-5-10-12(11(9)13-7)14-8(2)15(10)3/h4-6,13H,1-3H3. The van der Waals surface area contributed by atoms with Crippen LogP contribution in [-0.2, 0) is 7.05 Å². The van der Waals surface area contributed by atoms with Gasteiger partial charge in [-0.2, -0.15) is 0 Å². The van der Waals surface area contributed by atoms with E-state index in [0.717, 1.165) is 16.9 Å². The number of aryl methyl sites for hydroxylation is 3. The molecule has 0 aliphatic rings. The molecule has 0 saturated heterocycles. The summed E-state index contributed by atoms with van der Waals surface area (Å²) in [5, 5.41) is 1.23. The van der Waals surface area contributed by atoms with E-state index < -0.39 is 0 Å². The molecule has 2 heterocycles. The van der Waals surface area contributed by atoms with Crippen molar-refractivity contribution in [3.8, 4) is 0 Å². The molecule has 0 saturated carbocycles. The molecule has 0 bridgehead atoms. The molecule has 0 fully saturated rings. The molecule has 2 aromatic heterocycles. The number of imidazole rings is 1. The SMILES string of the molecule is Cc1cc2ccc3c(nc(C)n3C)c2[nH]1. The number of rotatable bonds is 0. The largest absolute Gasteiger partial charge is 0.357 e. The van der Waals surface area contributed by atoms with Crippen molar-refractivity contribution in [3.63, 3.8) is 0 Å². The maximum atomic E-state index is 4.59. The molecule has 0 atom stereocenters. The second-order valence-corrected chi connectivity index (χ2v) is 4.07. The molecule has 0 spiro atoms. The van der Waals surface area contributed by atoms with E-state index in [-0.39, 0.29) is 0 Å². The van der Waals surface area contributed by atoms with Crippen LogP contribution in [0.1, 0.15) is 11.5 Å². The number of nitrogens with one attached hydrogen (secondary N) is 1. The third kappa shape index (κ3) is 1.03. The van der Waals surface area contributed by atoms with Crippen LogP contribution in [0.25, 0.3) is 21.9 Å². The van der Waals surface area contributed by atoms with Crippen LogP contribution in [0, 0.1) is 13.8 Å². The van der Waals surface area contributed by atoms with Crippen molar-refractivity contribution in [2.45, 2.75) is 13.8 Å². The van der Waals surface area contributed by atoms with E-state index in [2.05, 4.69) is 39.7 Å². The lowest BCUT2D eigenvalue weighted by Gasteiger charge is -1.96. The van der Waals surface area contributed by atoms with Crippen LogP contribution < -0.4 is 0 Å². The van der Waals surface area contributed by atoms with Gasteiger partial charge < -0.3 is 9.55 Å². The molecule has 3 aromatic rings. The lowest BCUT2D eigenvalue weighted by molar-refractivity contribution is 0.886. The third-order valence-electron chi connectivity index (χ3n) is 3.00. The van der Waals surface area contributed by atoms with E-state index in [1.165, 1.54) is 16.6 Å². The minimum absolute atomic E-state index is 1.05. The second kappa shape index (κ2) is 2.63. The summed E-state index contributed by atoms with van der Waals surface area (Å²) >= 11 is 0. The first-order valence-electron chi connectivity index (χ1n) is 5.08. The Hall–Kier alpha value is -1.77. The highest BCUT2D eigenvalue weighted by atomic mass is 15.1. The van der Waals surface area contributed by atoms with Crippen molar-refractivity contribution in [1.29, 1.82) is 0 Å². The molecule has 15 heavy (non-hydrogen) atoms. The number of benzene rings is 1. The number of nitrogens with zero attached hydrogens (tertiary/aromatic N) is 2. The zero-order valence-corrected chi connectivity index (χ0v) is 9.13. The van der Waals surface area contributed by atoms with Crippen LogP contribution in [-0.4, -0.2) is 14.5 Å². The van der Waals surface area contributed by atoms with Gasteiger partial charge in [-0.15, -0.1) is 0 Å². The number of fused-ring (bicyclic) bond motifs is 3. The monoisotopic (exact) mass is 199 g/mol. The van der Waals surface area contributed by atoms with Crippen molar-refractivity contribution in [3.05, 3.63) is 29.7 Å².